The first-order chi connectivity index (χ1) is 10.6. The normalized spacial score (nSPS) is 10.9. The summed E-state index contributed by atoms with van der Waals surface area (Å²) in [6.45, 7) is 4.25. The molecule has 0 amide bonds. The number of rotatable bonds is 3. The van der Waals surface area contributed by atoms with E-state index in [-0.39, 0.29) is 0 Å². The monoisotopic (exact) mass is 368 g/mol. The van der Waals surface area contributed by atoms with E-state index in [4.69, 9.17) is 11.6 Å². The van der Waals surface area contributed by atoms with Crippen molar-refractivity contribution in [2.45, 2.75) is 13.8 Å². The van der Waals surface area contributed by atoms with E-state index in [2.05, 4.69) is 74.5 Å². The number of hydrogen-bond donors (Lipinski definition) is 0. The van der Waals surface area contributed by atoms with Crippen molar-refractivity contribution in [1.82, 2.24) is 0 Å². The Balaban J connectivity index is 2.16. The molecule has 0 saturated heterocycles. The standard InChI is InChI=1S/C20H18AsCl/c1-15-7-11-17(12-8-15)21(18-13-9-16(2)10-14-18)19-5-3-4-6-20(19)22/h3-14H,1-2H3. The summed E-state index contributed by atoms with van der Waals surface area (Å²) in [6.07, 6.45) is 0. The second-order valence-electron chi connectivity index (χ2n) is 5.46. The molecular weight excluding hydrogens is 351 g/mol. The van der Waals surface area contributed by atoms with Gasteiger partial charge >= 0.3 is 142 Å². The molecule has 0 saturated carbocycles. The molecule has 0 nitrogen and oxygen atoms in total. The fourth-order valence-corrected chi connectivity index (χ4v) is 7.79. The zero-order valence-electron chi connectivity index (χ0n) is 12.8. The van der Waals surface area contributed by atoms with Gasteiger partial charge in [-0.15, -0.1) is 0 Å². The van der Waals surface area contributed by atoms with Crippen molar-refractivity contribution in [3.05, 3.63) is 88.9 Å². The molecule has 0 bridgehead atoms. The number of aryl methyl sites for hydroxylation is 2. The molecule has 0 atom stereocenters. The second kappa shape index (κ2) is 6.73. The summed E-state index contributed by atoms with van der Waals surface area (Å²) < 4.78 is 4.12. The Kier molecular flexibility index (Phi) is 4.71. The first-order valence-electron chi connectivity index (χ1n) is 7.33. The van der Waals surface area contributed by atoms with Crippen molar-refractivity contribution >= 4 is 39.3 Å². The van der Waals surface area contributed by atoms with E-state index in [9.17, 15) is 0 Å². The Bertz CT molecular complexity index is 715. The summed E-state index contributed by atoms with van der Waals surface area (Å²) in [7, 11) is 0. The molecule has 0 fully saturated rings. The average molecular weight is 369 g/mol. The maximum absolute atomic E-state index is 6.52. The predicted octanol–water partition coefficient (Wildman–Crippen LogP) is 3.47. The Hall–Kier alpha value is -1.49. The van der Waals surface area contributed by atoms with Crippen LogP contribution in [0.25, 0.3) is 0 Å². The van der Waals surface area contributed by atoms with Gasteiger partial charge in [0, 0.05) is 0 Å². The van der Waals surface area contributed by atoms with Gasteiger partial charge in [0.1, 0.15) is 0 Å². The molecule has 2 heteroatoms. The number of benzene rings is 3. The van der Waals surface area contributed by atoms with Crippen LogP contribution in [-0.2, 0) is 0 Å². The number of hydrogen-bond acceptors (Lipinski definition) is 0. The summed E-state index contributed by atoms with van der Waals surface area (Å²) in [5.74, 6) is 0. The van der Waals surface area contributed by atoms with Crippen LogP contribution in [0.4, 0.5) is 0 Å². The third kappa shape index (κ3) is 3.29. The third-order valence-corrected chi connectivity index (χ3v) is 9.54. The minimum absolute atomic E-state index is 0.878. The van der Waals surface area contributed by atoms with E-state index < -0.39 is 14.7 Å². The molecule has 0 aliphatic carbocycles. The van der Waals surface area contributed by atoms with Crippen LogP contribution in [0.1, 0.15) is 11.1 Å². The van der Waals surface area contributed by atoms with Crippen LogP contribution in [0.15, 0.2) is 72.8 Å². The van der Waals surface area contributed by atoms with E-state index in [0.717, 1.165) is 5.02 Å². The van der Waals surface area contributed by atoms with Crippen molar-refractivity contribution in [1.29, 1.82) is 0 Å². The van der Waals surface area contributed by atoms with Crippen molar-refractivity contribution in [3.8, 4) is 0 Å². The van der Waals surface area contributed by atoms with Gasteiger partial charge in [0.25, 0.3) is 0 Å². The van der Waals surface area contributed by atoms with Crippen LogP contribution in [0.3, 0.4) is 0 Å². The minimum atomic E-state index is -1.61. The fraction of sp³-hybridized carbons (Fsp3) is 0.100. The first kappa shape index (κ1) is 15.4. The summed E-state index contributed by atoms with van der Waals surface area (Å²) in [5, 5.41) is 0.878. The fourth-order valence-electron chi connectivity index (χ4n) is 2.45. The van der Waals surface area contributed by atoms with E-state index in [1.807, 2.05) is 12.1 Å². The molecule has 0 N–H and O–H groups in total. The van der Waals surface area contributed by atoms with Gasteiger partial charge in [0.2, 0.25) is 0 Å². The summed E-state index contributed by atoms with van der Waals surface area (Å²) in [5.41, 5.74) is 2.58. The van der Waals surface area contributed by atoms with Gasteiger partial charge in [-0.3, -0.25) is 0 Å². The van der Waals surface area contributed by atoms with Crippen LogP contribution < -0.4 is 13.1 Å². The average Bonchev–Trinajstić information content (AvgIpc) is 2.53. The van der Waals surface area contributed by atoms with E-state index in [1.54, 1.807) is 0 Å². The zero-order chi connectivity index (χ0) is 15.5. The Morgan fingerprint density at radius 1 is 0.636 bits per heavy atom. The molecule has 0 unspecified atom stereocenters. The summed E-state index contributed by atoms with van der Waals surface area (Å²) in [4.78, 5) is 0. The molecule has 110 valence electrons. The van der Waals surface area contributed by atoms with Gasteiger partial charge in [0.05, 0.1) is 0 Å². The molecular formula is C20H18AsCl. The molecule has 3 rings (SSSR count). The van der Waals surface area contributed by atoms with Crippen molar-refractivity contribution in [2.24, 2.45) is 0 Å². The van der Waals surface area contributed by atoms with Crippen LogP contribution in [0, 0.1) is 13.8 Å². The van der Waals surface area contributed by atoms with E-state index in [0.29, 0.717) is 0 Å². The van der Waals surface area contributed by atoms with Crippen LogP contribution >= 0.6 is 11.6 Å². The zero-order valence-corrected chi connectivity index (χ0v) is 15.4. The van der Waals surface area contributed by atoms with Crippen molar-refractivity contribution < 1.29 is 0 Å². The third-order valence-electron chi connectivity index (χ3n) is 3.68. The topological polar surface area (TPSA) is 0 Å². The van der Waals surface area contributed by atoms with Crippen LogP contribution in [-0.4, -0.2) is 14.7 Å². The van der Waals surface area contributed by atoms with Gasteiger partial charge in [-0.1, -0.05) is 0 Å². The molecule has 0 radical (unpaired) electrons. The first-order valence-corrected chi connectivity index (χ1v) is 10.5. The molecule has 0 spiro atoms. The molecule has 22 heavy (non-hydrogen) atoms. The summed E-state index contributed by atoms with van der Waals surface area (Å²) >= 11 is 4.91. The number of halogens is 1. The van der Waals surface area contributed by atoms with Crippen molar-refractivity contribution in [3.63, 3.8) is 0 Å². The maximum atomic E-state index is 6.52. The molecule has 0 aromatic heterocycles. The quantitative estimate of drug-likeness (QED) is 0.621. The van der Waals surface area contributed by atoms with Gasteiger partial charge in [-0.25, -0.2) is 0 Å². The Morgan fingerprint density at radius 2 is 1.09 bits per heavy atom. The Labute approximate surface area is 142 Å². The van der Waals surface area contributed by atoms with E-state index in [1.165, 1.54) is 24.2 Å². The van der Waals surface area contributed by atoms with Gasteiger partial charge in [-0.2, -0.15) is 0 Å². The van der Waals surface area contributed by atoms with Gasteiger partial charge in [-0.05, 0) is 0 Å². The van der Waals surface area contributed by atoms with Crippen LogP contribution in [0.5, 0.6) is 0 Å². The molecule has 0 aliphatic heterocycles. The SMILES string of the molecule is Cc1ccc([As](c2ccc(C)cc2)c2ccccc2Cl)cc1. The molecule has 3 aromatic carbocycles. The summed E-state index contributed by atoms with van der Waals surface area (Å²) in [6, 6.07) is 26.1. The Morgan fingerprint density at radius 3 is 1.55 bits per heavy atom. The molecule has 0 aliphatic rings. The molecule has 0 heterocycles. The molecule has 3 aromatic rings. The van der Waals surface area contributed by atoms with E-state index >= 15 is 0 Å². The van der Waals surface area contributed by atoms with Gasteiger partial charge < -0.3 is 0 Å². The second-order valence-corrected chi connectivity index (χ2v) is 10.5. The predicted molar refractivity (Wildman–Crippen MR) is 98.5 cm³/mol. The van der Waals surface area contributed by atoms with Crippen LogP contribution in [0.2, 0.25) is 5.02 Å². The van der Waals surface area contributed by atoms with Crippen molar-refractivity contribution in [2.75, 3.05) is 0 Å². The van der Waals surface area contributed by atoms with Gasteiger partial charge in [0.15, 0.2) is 0 Å².